The summed E-state index contributed by atoms with van der Waals surface area (Å²) in [7, 11) is 0. The molecule has 5 rings (SSSR count). The number of carbonyl (C=O) groups excluding carboxylic acids is 8. The number of carbonyl (C=O) groups is 8. The number of fused-ring (bicyclic) bond motifs is 5. The second-order valence-electron chi connectivity index (χ2n) is 15.3. The highest BCUT2D eigenvalue weighted by Gasteiger charge is 2.92. The molecule has 57 heavy (non-hydrogen) atoms. The predicted octanol–water partition coefficient (Wildman–Crippen LogP) is 1.03. The van der Waals surface area contributed by atoms with Crippen molar-refractivity contribution >= 4 is 47.8 Å². The van der Waals surface area contributed by atoms with Crippen LogP contribution in [0.2, 0.25) is 0 Å². The predicted molar refractivity (Wildman–Crippen MR) is 185 cm³/mol. The number of aliphatic hydroxyl groups is 1. The van der Waals surface area contributed by atoms with Crippen LogP contribution in [-0.2, 0) is 76.2 Å². The molecular formula is C38H47NO18. The van der Waals surface area contributed by atoms with Gasteiger partial charge in [0, 0.05) is 53.7 Å². The summed E-state index contributed by atoms with van der Waals surface area (Å²) in [6, 6.07) is 2.89. The molecule has 1 spiro atoms. The Kier molecular flexibility index (Phi) is 11.5. The van der Waals surface area contributed by atoms with Crippen molar-refractivity contribution in [2.24, 2.45) is 17.3 Å². The molecule has 19 heteroatoms. The normalized spacial score (nSPS) is 38.2. The van der Waals surface area contributed by atoms with E-state index >= 15 is 0 Å². The second-order valence-corrected chi connectivity index (χ2v) is 15.3. The van der Waals surface area contributed by atoms with Gasteiger partial charge in [0.2, 0.25) is 0 Å². The van der Waals surface area contributed by atoms with Crippen molar-refractivity contribution in [3.05, 3.63) is 29.6 Å². The lowest BCUT2D eigenvalue weighted by Gasteiger charge is -2.67. The molecule has 312 valence electrons. The van der Waals surface area contributed by atoms with E-state index in [1.807, 2.05) is 0 Å². The molecule has 2 aliphatic heterocycles. The van der Waals surface area contributed by atoms with Crippen LogP contribution in [-0.4, -0.2) is 124 Å². The standard InChI is InChI=1S/C38H47NO18/c1-16-17(2)33(46)56-30-28(52-20(5)42)32(55-23(8)45)37(15-49-18(3)40)31(54-22(7)44)27(51-19(4)41)25-29(53-21(6)43)38(37,36(30,10)48)57-35(25,9)14-50-34(47)24-12-11-13-39-26(16)24/h11-13,16-17,25,27-32,48H,14-15H2,1-10H3/t16?,17?,25-,27-,28+,29-,30+,31?,32+,35+,36+,37-,38+/m1/s1. The van der Waals surface area contributed by atoms with E-state index in [0.29, 0.717) is 0 Å². The summed E-state index contributed by atoms with van der Waals surface area (Å²) in [5, 5.41) is 13.4. The fourth-order valence-electron chi connectivity index (χ4n) is 9.25. The maximum atomic E-state index is 14.3. The van der Waals surface area contributed by atoms with Crippen LogP contribution in [0.1, 0.15) is 91.2 Å². The average Bonchev–Trinajstić information content (AvgIpc) is 3.32. The van der Waals surface area contributed by atoms with Crippen molar-refractivity contribution in [3.8, 4) is 0 Å². The number of ether oxygens (including phenoxy) is 9. The third-order valence-corrected chi connectivity index (χ3v) is 11.4. The Morgan fingerprint density at radius 3 is 1.84 bits per heavy atom. The number of cyclic esters (lactones) is 1. The van der Waals surface area contributed by atoms with E-state index in [9.17, 15) is 43.5 Å². The molecule has 1 saturated heterocycles. The molecule has 3 unspecified atom stereocenters. The zero-order chi connectivity index (χ0) is 42.6. The van der Waals surface area contributed by atoms with Crippen LogP contribution in [0.25, 0.3) is 0 Å². The Morgan fingerprint density at radius 1 is 0.772 bits per heavy atom. The van der Waals surface area contributed by atoms with Gasteiger partial charge in [0.05, 0.1) is 23.1 Å². The first-order valence-electron chi connectivity index (χ1n) is 18.2. The third-order valence-electron chi connectivity index (χ3n) is 11.4. The number of hydrogen-bond donors (Lipinski definition) is 1. The Bertz CT molecular complexity index is 1860. The van der Waals surface area contributed by atoms with Crippen LogP contribution in [0, 0.1) is 17.3 Å². The maximum absolute atomic E-state index is 14.3. The van der Waals surface area contributed by atoms with E-state index in [2.05, 4.69) is 4.98 Å². The van der Waals surface area contributed by atoms with Gasteiger partial charge >= 0.3 is 47.8 Å². The van der Waals surface area contributed by atoms with Gasteiger partial charge in [-0.1, -0.05) is 13.8 Å². The monoisotopic (exact) mass is 805 g/mol. The smallest absolute Gasteiger partial charge is 0.340 e. The van der Waals surface area contributed by atoms with Crippen LogP contribution < -0.4 is 0 Å². The van der Waals surface area contributed by atoms with E-state index in [0.717, 1.165) is 48.5 Å². The summed E-state index contributed by atoms with van der Waals surface area (Å²) in [4.78, 5) is 111. The summed E-state index contributed by atoms with van der Waals surface area (Å²) in [6.45, 7) is 9.67. The molecule has 0 amide bonds. The molecule has 2 saturated carbocycles. The molecule has 0 aromatic carbocycles. The first-order chi connectivity index (χ1) is 26.5. The van der Waals surface area contributed by atoms with Crippen LogP contribution in [0.4, 0.5) is 0 Å². The molecule has 3 fully saturated rings. The third kappa shape index (κ3) is 6.97. The van der Waals surface area contributed by atoms with Crippen LogP contribution in [0.3, 0.4) is 0 Å². The highest BCUT2D eigenvalue weighted by molar-refractivity contribution is 5.91. The largest absolute Gasteiger partial charge is 0.465 e. The van der Waals surface area contributed by atoms with E-state index < -0.39 is 138 Å². The zero-order valence-corrected chi connectivity index (χ0v) is 33.2. The summed E-state index contributed by atoms with van der Waals surface area (Å²) in [5.41, 5.74) is -10.1. The first-order valence-corrected chi connectivity index (χ1v) is 18.2. The number of pyridine rings is 1. The minimum atomic E-state index is -2.82. The van der Waals surface area contributed by atoms with Gasteiger partial charge in [0.15, 0.2) is 30.0 Å². The Hall–Kier alpha value is -5.17. The molecule has 2 aliphatic carbocycles. The van der Waals surface area contributed by atoms with Crippen LogP contribution >= 0.6 is 0 Å². The Labute approximate surface area is 327 Å². The van der Waals surface area contributed by atoms with Gasteiger partial charge in [-0.25, -0.2) is 4.79 Å². The van der Waals surface area contributed by atoms with Gasteiger partial charge in [-0.15, -0.1) is 0 Å². The molecule has 3 heterocycles. The van der Waals surface area contributed by atoms with Crippen molar-refractivity contribution in [1.82, 2.24) is 4.98 Å². The van der Waals surface area contributed by atoms with E-state index in [4.69, 9.17) is 42.6 Å². The Balaban J connectivity index is 2.01. The van der Waals surface area contributed by atoms with Gasteiger partial charge in [-0.3, -0.25) is 38.5 Å². The lowest BCUT2D eigenvalue weighted by atomic mass is 9.45. The lowest BCUT2D eigenvalue weighted by molar-refractivity contribution is -0.387. The van der Waals surface area contributed by atoms with Gasteiger partial charge < -0.3 is 47.7 Å². The lowest BCUT2D eigenvalue weighted by Crippen LogP contribution is -2.89. The van der Waals surface area contributed by atoms with Gasteiger partial charge in [-0.05, 0) is 26.0 Å². The summed E-state index contributed by atoms with van der Waals surface area (Å²) in [5.74, 6) is -11.6. The van der Waals surface area contributed by atoms with E-state index in [-0.39, 0.29) is 11.3 Å². The summed E-state index contributed by atoms with van der Waals surface area (Å²) < 4.78 is 54.3. The van der Waals surface area contributed by atoms with E-state index in [1.165, 1.54) is 32.2 Å². The maximum Gasteiger partial charge on any atom is 0.340 e. The number of nitrogens with zero attached hydrogens (tertiary/aromatic N) is 1. The minimum absolute atomic E-state index is 0.0422. The van der Waals surface area contributed by atoms with Gasteiger partial charge in [0.25, 0.3) is 0 Å². The molecule has 1 aromatic heterocycles. The van der Waals surface area contributed by atoms with Gasteiger partial charge in [0.1, 0.15) is 42.0 Å². The minimum Gasteiger partial charge on any atom is -0.465 e. The highest BCUT2D eigenvalue weighted by Crippen LogP contribution is 2.70. The van der Waals surface area contributed by atoms with Crippen molar-refractivity contribution in [2.45, 2.75) is 129 Å². The van der Waals surface area contributed by atoms with Crippen LogP contribution in [0.15, 0.2) is 18.3 Å². The molecule has 1 aromatic rings. The summed E-state index contributed by atoms with van der Waals surface area (Å²) >= 11 is 0. The highest BCUT2D eigenvalue weighted by atomic mass is 16.7. The number of aromatic nitrogens is 1. The molecule has 4 aliphatic rings. The van der Waals surface area contributed by atoms with Crippen molar-refractivity contribution in [2.75, 3.05) is 13.2 Å². The van der Waals surface area contributed by atoms with Crippen molar-refractivity contribution in [3.63, 3.8) is 0 Å². The SMILES string of the molecule is CC(=O)OC[C@]12C(OC(C)=O)[C@H](OC(C)=O)[C@@H]3[C@@H](OC(C)=O)[C@@]14O[C@@]3(C)COC(=O)c1cccnc1C(C)C(C)C(=O)O[C@@H]([C@H](OC(C)=O)[C@@H]2OC(C)=O)[C@]4(C)O. The number of rotatable bonds is 7. The fourth-order valence-corrected chi connectivity index (χ4v) is 9.25. The number of hydrogen-bond acceptors (Lipinski definition) is 19. The van der Waals surface area contributed by atoms with E-state index in [1.54, 1.807) is 6.92 Å². The van der Waals surface area contributed by atoms with Crippen molar-refractivity contribution < 1.29 is 86.1 Å². The Morgan fingerprint density at radius 2 is 1.30 bits per heavy atom. The molecule has 1 N–H and O–H groups in total. The topological polar surface area (TPSA) is 253 Å². The van der Waals surface area contributed by atoms with Crippen LogP contribution in [0.5, 0.6) is 0 Å². The fraction of sp³-hybridized carbons (Fsp3) is 0.658. The summed E-state index contributed by atoms with van der Waals surface area (Å²) in [6.07, 6.45) is -10.5. The van der Waals surface area contributed by atoms with Gasteiger partial charge in [-0.2, -0.15) is 0 Å². The molecular weight excluding hydrogens is 758 g/mol. The second kappa shape index (κ2) is 15.3. The zero-order valence-electron chi connectivity index (χ0n) is 33.2. The first kappa shape index (κ1) is 43.0. The molecule has 0 radical (unpaired) electrons. The molecule has 4 bridgehead atoms. The molecule has 13 atom stereocenters. The molecule has 19 nitrogen and oxygen atoms in total. The number of esters is 8. The van der Waals surface area contributed by atoms with Crippen molar-refractivity contribution in [1.29, 1.82) is 0 Å². The average molecular weight is 806 g/mol. The quantitative estimate of drug-likeness (QED) is 0.298.